The van der Waals surface area contributed by atoms with Crippen molar-refractivity contribution in [2.24, 2.45) is 11.7 Å². The summed E-state index contributed by atoms with van der Waals surface area (Å²) < 4.78 is 11.0. The van der Waals surface area contributed by atoms with Gasteiger partial charge in [0.1, 0.15) is 24.4 Å². The van der Waals surface area contributed by atoms with E-state index < -0.39 is 59.6 Å². The predicted octanol–water partition coefficient (Wildman–Crippen LogP) is 2.19. The molecule has 6 rings (SSSR count). The molecule has 4 N–H and O–H groups in total. The van der Waals surface area contributed by atoms with Crippen molar-refractivity contribution < 1.29 is 38.6 Å². The first-order valence-corrected chi connectivity index (χ1v) is 14.6. The number of carbonyl (C=O) groups is 5. The van der Waals surface area contributed by atoms with Crippen molar-refractivity contribution in [3.8, 4) is 0 Å². The number of carbonyl (C=O) groups excluding carboxylic acids is 4. The number of carboxylic acids is 1. The number of alkyl carbamates (subject to hydrolysis) is 1. The van der Waals surface area contributed by atoms with E-state index in [0.717, 1.165) is 5.56 Å². The molecule has 3 aromatic rings. The monoisotopic (exact) mass is 665 g/mol. The maximum atomic E-state index is 14.2. The summed E-state index contributed by atoms with van der Waals surface area (Å²) in [7, 11) is 0. The number of carboxylic acid groups (broad SMARTS) is 1. The molecule has 4 amide bonds. The summed E-state index contributed by atoms with van der Waals surface area (Å²) >= 11 is 0. The quantitative estimate of drug-likeness (QED) is 0.228. The van der Waals surface area contributed by atoms with Gasteiger partial charge in [0.25, 0.3) is 11.8 Å². The third kappa shape index (κ3) is 6.43. The fraction of sp³-hybridized carbons (Fsp3) is 0.273. The van der Waals surface area contributed by atoms with E-state index >= 15 is 0 Å². The van der Waals surface area contributed by atoms with E-state index in [4.69, 9.17) is 15.2 Å². The zero-order valence-corrected chi connectivity index (χ0v) is 24.7. The summed E-state index contributed by atoms with van der Waals surface area (Å²) in [6.45, 7) is 1.59. The second kappa shape index (κ2) is 14.0. The second-order valence-corrected chi connectivity index (χ2v) is 11.5. The van der Waals surface area contributed by atoms with Gasteiger partial charge in [-0.1, -0.05) is 60.7 Å². The van der Waals surface area contributed by atoms with Crippen molar-refractivity contribution >= 4 is 81.4 Å². The normalized spacial score (nSPS) is 21.3. The van der Waals surface area contributed by atoms with E-state index in [9.17, 15) is 29.1 Å². The molecule has 14 heteroatoms. The van der Waals surface area contributed by atoms with E-state index in [2.05, 4.69) is 10.3 Å². The number of aromatic nitrogens is 1. The number of nitrogens with one attached hydrogen (secondary N) is 1. The predicted molar refractivity (Wildman–Crippen MR) is 167 cm³/mol. The summed E-state index contributed by atoms with van der Waals surface area (Å²) in [5.74, 6) is -2.92. The minimum absolute atomic E-state index is 0. The Morgan fingerprint density at radius 1 is 1.04 bits per heavy atom. The zero-order chi connectivity index (χ0) is 32.6. The summed E-state index contributed by atoms with van der Waals surface area (Å²) in [5.41, 5.74) is 5.29. The zero-order valence-electron chi connectivity index (χ0n) is 24.7. The van der Waals surface area contributed by atoms with Crippen molar-refractivity contribution in [2.45, 2.75) is 43.7 Å². The Kier molecular flexibility index (Phi) is 10.2. The molecule has 238 valence electrons. The van der Waals surface area contributed by atoms with Crippen molar-refractivity contribution in [3.05, 3.63) is 113 Å². The Bertz CT molecular complexity index is 1720. The molecule has 1 unspecified atom stereocenters. The van der Waals surface area contributed by atoms with E-state index in [1.165, 1.54) is 29.1 Å². The molecule has 2 fully saturated rings. The number of nitrogens with zero attached hydrogens (tertiary/aromatic N) is 3. The van der Waals surface area contributed by atoms with E-state index in [-0.39, 0.29) is 82.2 Å². The number of benzene rings is 2. The van der Waals surface area contributed by atoms with Gasteiger partial charge < -0.3 is 30.5 Å². The third-order valence-corrected chi connectivity index (χ3v) is 8.81. The van der Waals surface area contributed by atoms with Gasteiger partial charge in [-0.2, -0.15) is 0 Å². The van der Waals surface area contributed by atoms with Crippen LogP contribution in [0.4, 0.5) is 9.59 Å². The number of hydrogen-bond acceptors (Lipinski definition) is 8. The SMILES string of the molecule is CC(OC(N)=O)(C1=C(C(=O)O)N2C(=O)[C@@H]3[C@H]2[C@H](C1)CN3C(=O)[C@H](NC(=O)OCc1ccccc1)c1ccccc1)c1ccncc1.[KH]. The maximum absolute atomic E-state index is 14.2. The number of amides is 4. The summed E-state index contributed by atoms with van der Waals surface area (Å²) in [6, 6.07) is 18.0. The molecule has 2 aromatic carbocycles. The van der Waals surface area contributed by atoms with Crippen LogP contribution in [-0.2, 0) is 36.1 Å². The molecule has 47 heavy (non-hydrogen) atoms. The summed E-state index contributed by atoms with van der Waals surface area (Å²) in [4.78, 5) is 72.2. The van der Waals surface area contributed by atoms with Gasteiger partial charge in [-0.25, -0.2) is 14.4 Å². The molecule has 0 spiro atoms. The number of likely N-dealkylation sites (tertiary alicyclic amines) is 1. The summed E-state index contributed by atoms with van der Waals surface area (Å²) in [6.07, 6.45) is 1.06. The van der Waals surface area contributed by atoms with Crippen LogP contribution in [-0.4, -0.2) is 120 Å². The van der Waals surface area contributed by atoms with Crippen molar-refractivity contribution in [1.82, 2.24) is 20.1 Å². The second-order valence-electron chi connectivity index (χ2n) is 11.5. The molecular weight excluding hydrogens is 633 g/mol. The van der Waals surface area contributed by atoms with Crippen molar-refractivity contribution in [1.29, 1.82) is 0 Å². The van der Waals surface area contributed by atoms with Gasteiger partial charge in [-0.3, -0.25) is 19.5 Å². The molecule has 3 aliphatic heterocycles. The van der Waals surface area contributed by atoms with Gasteiger partial charge in [0.15, 0.2) is 5.60 Å². The minimum atomic E-state index is -1.65. The molecule has 13 nitrogen and oxygen atoms in total. The van der Waals surface area contributed by atoms with E-state index in [0.29, 0.717) is 11.1 Å². The fourth-order valence-corrected chi connectivity index (χ4v) is 6.73. The number of aliphatic carboxylic acids is 1. The Balaban J connectivity index is 0.00000433. The van der Waals surface area contributed by atoms with Gasteiger partial charge >= 0.3 is 69.5 Å². The molecule has 5 atom stereocenters. The number of hydrogen-bond donors (Lipinski definition) is 3. The molecule has 4 heterocycles. The third-order valence-electron chi connectivity index (χ3n) is 8.81. The number of rotatable bonds is 9. The van der Waals surface area contributed by atoms with Gasteiger partial charge in [0.2, 0.25) is 0 Å². The van der Waals surface area contributed by atoms with Crippen LogP contribution in [0.2, 0.25) is 0 Å². The first-order valence-electron chi connectivity index (χ1n) is 14.6. The molecule has 2 saturated heterocycles. The number of pyridine rings is 1. The van der Waals surface area contributed by atoms with Crippen LogP contribution in [0.15, 0.2) is 96.5 Å². The van der Waals surface area contributed by atoms with Crippen molar-refractivity contribution in [3.63, 3.8) is 0 Å². The van der Waals surface area contributed by atoms with Crippen LogP contribution in [0, 0.1) is 5.92 Å². The van der Waals surface area contributed by atoms with E-state index in [1.54, 1.807) is 54.6 Å². The molecule has 0 aliphatic carbocycles. The van der Waals surface area contributed by atoms with Crippen LogP contribution >= 0.6 is 0 Å². The number of β-lactam (4-membered cyclic amide) rings is 1. The summed E-state index contributed by atoms with van der Waals surface area (Å²) in [5, 5.41) is 13.0. The topological polar surface area (TPSA) is 181 Å². The van der Waals surface area contributed by atoms with Crippen molar-refractivity contribution in [2.75, 3.05) is 6.54 Å². The van der Waals surface area contributed by atoms with Gasteiger partial charge in [-0.05, 0) is 36.6 Å². The molecular formula is C33H32KN5O8. The first kappa shape index (κ1) is 34.3. The standard InChI is InChI=1S/C33H31N5O8.K.H/c1-33(46-31(34)43,22-12-14-35-15-13-22)23-16-21-17-37(27-25(21)38(29(27)40)26(23)30(41)42)28(39)24(20-10-6-3-7-11-20)36-32(44)45-18-19-8-4-2-5-9-19;;/h2-15,21,24-25,27H,16-18H2,1H3,(H2,34,43)(H,36,44)(H,41,42);;/t21-,24-,25-,27+,33?;;/m1../s1. The number of ether oxygens (including phenoxy) is 2. The van der Waals surface area contributed by atoms with Gasteiger partial charge in [0.05, 0.1) is 6.04 Å². The first-order chi connectivity index (χ1) is 22.1. The number of primary amides is 1. The Morgan fingerprint density at radius 2 is 1.68 bits per heavy atom. The Hall–Kier alpha value is -4.08. The van der Waals surface area contributed by atoms with Gasteiger partial charge in [0, 0.05) is 36.0 Å². The number of nitrogens with two attached hydrogens (primary N) is 1. The molecule has 0 bridgehead atoms. The average molecular weight is 666 g/mol. The molecule has 3 aliphatic rings. The molecule has 0 saturated carbocycles. The Morgan fingerprint density at radius 3 is 2.30 bits per heavy atom. The fourth-order valence-electron chi connectivity index (χ4n) is 6.73. The van der Waals surface area contributed by atoms with Crippen LogP contribution in [0.3, 0.4) is 0 Å². The van der Waals surface area contributed by atoms with E-state index in [1.807, 2.05) is 18.2 Å². The van der Waals surface area contributed by atoms with Crippen LogP contribution in [0.25, 0.3) is 0 Å². The van der Waals surface area contributed by atoms with Crippen LogP contribution in [0.5, 0.6) is 0 Å². The van der Waals surface area contributed by atoms with Crippen LogP contribution < -0.4 is 11.1 Å². The van der Waals surface area contributed by atoms with Gasteiger partial charge in [-0.15, -0.1) is 0 Å². The molecule has 0 radical (unpaired) electrons. The molecule has 1 aromatic heterocycles. The average Bonchev–Trinajstić information content (AvgIpc) is 3.43. The Labute approximate surface area is 312 Å². The van der Waals surface area contributed by atoms with Crippen LogP contribution in [0.1, 0.15) is 36.1 Å².